The fourth-order valence-electron chi connectivity index (χ4n) is 0.117. The second-order valence-electron chi connectivity index (χ2n) is 0.914. The number of nitrogens with one attached hydrogen (secondary N) is 1. The highest BCUT2D eigenvalue weighted by atomic mass is 16.6. The van der Waals surface area contributed by atoms with Crippen molar-refractivity contribution in [2.45, 2.75) is 0 Å². The molecule has 0 atom stereocenters. The van der Waals surface area contributed by atoms with E-state index < -0.39 is 17.4 Å². The quantitative estimate of drug-likeness (QED) is 0.334. The highest BCUT2D eigenvalue weighted by Crippen LogP contribution is 1.63. The number of hydrogen-bond acceptors (Lipinski definition) is 3. The van der Waals surface area contributed by atoms with Crippen LogP contribution in [0, 0.1) is 10.1 Å². The number of carbonyl (C=O) groups is 1. The van der Waals surface area contributed by atoms with Gasteiger partial charge >= 0.3 is 5.91 Å². The van der Waals surface area contributed by atoms with Gasteiger partial charge in [0.25, 0.3) is 6.54 Å². The van der Waals surface area contributed by atoms with Crippen molar-refractivity contribution in [3.63, 3.8) is 0 Å². The van der Waals surface area contributed by atoms with Crippen molar-refractivity contribution in [3.8, 4) is 0 Å². The lowest BCUT2D eigenvalue weighted by atomic mass is 10.7. The molecule has 0 aliphatic rings. The van der Waals surface area contributed by atoms with Gasteiger partial charge in [-0.25, -0.2) is 0 Å². The summed E-state index contributed by atoms with van der Waals surface area (Å²) >= 11 is 0. The van der Waals surface area contributed by atoms with E-state index in [9.17, 15) is 14.9 Å². The first kappa shape index (κ1) is 5.87. The Labute approximate surface area is 39.3 Å². The monoisotopic (exact) mass is 103 g/mol. The molecule has 0 saturated carbocycles. The van der Waals surface area contributed by atoms with Crippen molar-refractivity contribution >= 4 is 5.91 Å². The molecule has 0 aliphatic carbocycles. The second kappa shape index (κ2) is 2.12. The van der Waals surface area contributed by atoms with Crippen LogP contribution in [-0.4, -0.2) is 17.4 Å². The fraction of sp³-hybridized carbons (Fsp3) is 0.500. The molecule has 0 heterocycles. The van der Waals surface area contributed by atoms with Crippen molar-refractivity contribution in [3.05, 3.63) is 10.1 Å². The number of nitrogens with zero attached hydrogens (tertiary/aromatic N) is 1. The van der Waals surface area contributed by atoms with Crippen LogP contribution in [0.15, 0.2) is 0 Å². The van der Waals surface area contributed by atoms with E-state index in [2.05, 4.69) is 0 Å². The van der Waals surface area contributed by atoms with E-state index >= 15 is 0 Å². The first-order chi connectivity index (χ1) is 3.13. The van der Waals surface area contributed by atoms with E-state index in [-0.39, 0.29) is 0 Å². The third kappa shape index (κ3) is 4.87. The second-order valence-corrected chi connectivity index (χ2v) is 0.914. The molecule has 1 amide bonds. The van der Waals surface area contributed by atoms with Gasteiger partial charge in [-0.15, -0.1) is 0 Å². The molecular weight excluding hydrogens is 100 g/mol. The van der Waals surface area contributed by atoms with Gasteiger partial charge in [0.05, 0.1) is 0 Å². The summed E-state index contributed by atoms with van der Waals surface area (Å²) in [5.74, 6) is -1.16. The van der Waals surface area contributed by atoms with Crippen molar-refractivity contribution in [1.82, 2.24) is 5.73 Å². The van der Waals surface area contributed by atoms with Gasteiger partial charge in [0, 0.05) is 4.92 Å². The van der Waals surface area contributed by atoms with Crippen LogP contribution in [0.3, 0.4) is 0 Å². The van der Waals surface area contributed by atoms with Gasteiger partial charge < -0.3 is 0 Å². The Morgan fingerprint density at radius 3 is 2.29 bits per heavy atom. The molecule has 0 unspecified atom stereocenters. The van der Waals surface area contributed by atoms with Crippen LogP contribution in [0.2, 0.25) is 0 Å². The number of amides is 1. The molecule has 5 nitrogen and oxygen atoms in total. The lowest BCUT2D eigenvalue weighted by molar-refractivity contribution is -0.467. The highest BCUT2D eigenvalue weighted by molar-refractivity contribution is 5.73. The summed E-state index contributed by atoms with van der Waals surface area (Å²) in [5.41, 5.74) is 6.03. The van der Waals surface area contributed by atoms with E-state index in [0.717, 1.165) is 0 Å². The Kier molecular flexibility index (Phi) is 1.78. The van der Waals surface area contributed by atoms with Crippen molar-refractivity contribution in [2.75, 3.05) is 6.54 Å². The lowest BCUT2D eigenvalue weighted by Crippen LogP contribution is -2.13. The zero-order chi connectivity index (χ0) is 5.86. The Balaban J connectivity index is 3.32. The molecule has 7 heavy (non-hydrogen) atoms. The average Bonchev–Trinajstić information content (AvgIpc) is 1.27. The average molecular weight is 103 g/mol. The number of hydrogen-bond donors (Lipinski definition) is 0. The predicted molar refractivity (Wildman–Crippen MR) is 20.0 cm³/mol. The van der Waals surface area contributed by atoms with E-state index in [4.69, 9.17) is 5.73 Å². The lowest BCUT2D eigenvalue weighted by Gasteiger charge is -1.79. The minimum atomic E-state index is -1.16. The van der Waals surface area contributed by atoms with Gasteiger partial charge in [-0.1, -0.05) is 0 Å². The smallest absolute Gasteiger partial charge is 0.266 e. The maximum Gasteiger partial charge on any atom is 0.310 e. The minimum Gasteiger partial charge on any atom is -0.266 e. The molecule has 5 heteroatoms. The third-order valence-electron chi connectivity index (χ3n) is 0.273. The van der Waals surface area contributed by atoms with E-state index in [1.165, 1.54) is 0 Å². The van der Waals surface area contributed by atoms with E-state index in [1.54, 1.807) is 0 Å². The molecule has 0 aromatic rings. The zero-order valence-electron chi connectivity index (χ0n) is 3.38. The molecule has 0 fully saturated rings. The molecule has 0 aliphatic heterocycles. The molecule has 1 N–H and O–H groups in total. The van der Waals surface area contributed by atoms with Crippen LogP contribution in [-0.2, 0) is 4.79 Å². The molecule has 0 spiro atoms. The molecule has 0 saturated heterocycles. The van der Waals surface area contributed by atoms with Crippen molar-refractivity contribution in [2.24, 2.45) is 0 Å². The Bertz CT molecular complexity index is 87.1. The van der Waals surface area contributed by atoms with Crippen LogP contribution in [0.25, 0.3) is 0 Å². The Hall–Kier alpha value is -1.13. The van der Waals surface area contributed by atoms with Gasteiger partial charge in [0.15, 0.2) is 0 Å². The molecule has 39 valence electrons. The largest absolute Gasteiger partial charge is 0.310 e. The van der Waals surface area contributed by atoms with Crippen molar-refractivity contribution < 1.29 is 9.72 Å². The number of rotatable bonds is 2. The third-order valence-corrected chi connectivity index (χ3v) is 0.273. The van der Waals surface area contributed by atoms with E-state index in [1.807, 2.05) is 0 Å². The topological polar surface area (TPSA) is 84.0 Å². The van der Waals surface area contributed by atoms with Crippen LogP contribution < -0.4 is 5.73 Å². The zero-order valence-corrected chi connectivity index (χ0v) is 3.38. The summed E-state index contributed by atoms with van der Waals surface area (Å²) in [7, 11) is 0. The fourth-order valence-corrected chi connectivity index (χ4v) is 0.117. The molecule has 1 radical (unpaired) electrons. The van der Waals surface area contributed by atoms with Gasteiger partial charge in [0.1, 0.15) is 0 Å². The Morgan fingerprint density at radius 1 is 1.86 bits per heavy atom. The summed E-state index contributed by atoms with van der Waals surface area (Å²) < 4.78 is 0. The standard InChI is InChI=1S/C2H3N2O3/c3-2(5)1-4(6)7/h3H,1H2. The van der Waals surface area contributed by atoms with E-state index in [0.29, 0.717) is 0 Å². The summed E-state index contributed by atoms with van der Waals surface area (Å²) in [6, 6.07) is 0. The molecular formula is C2H3N2O3. The highest BCUT2D eigenvalue weighted by Gasteiger charge is 2.01. The summed E-state index contributed by atoms with van der Waals surface area (Å²) in [6.45, 7) is -0.889. The normalized spacial score (nSPS) is 8.00. The van der Waals surface area contributed by atoms with Crippen LogP contribution in [0.5, 0.6) is 0 Å². The number of nitro groups is 1. The first-order valence-corrected chi connectivity index (χ1v) is 1.49. The van der Waals surface area contributed by atoms with Gasteiger partial charge in [-0.05, 0) is 0 Å². The molecule has 0 aromatic carbocycles. The van der Waals surface area contributed by atoms with Gasteiger partial charge in [-0.2, -0.15) is 0 Å². The van der Waals surface area contributed by atoms with Crippen molar-refractivity contribution in [1.29, 1.82) is 0 Å². The maximum atomic E-state index is 9.48. The van der Waals surface area contributed by atoms with Crippen LogP contribution in [0.4, 0.5) is 0 Å². The predicted octanol–water partition coefficient (Wildman–Crippen LogP) is -0.927. The SMILES string of the molecule is [NH]C(=O)C[N+](=O)[O-]. The number of carbonyl (C=O) groups excluding carboxylic acids is 1. The molecule has 0 bridgehead atoms. The van der Waals surface area contributed by atoms with Crippen LogP contribution in [0.1, 0.15) is 0 Å². The summed E-state index contributed by atoms with van der Waals surface area (Å²) in [6.07, 6.45) is 0. The molecule has 0 rings (SSSR count). The van der Waals surface area contributed by atoms with Crippen LogP contribution >= 0.6 is 0 Å². The van der Waals surface area contributed by atoms with Gasteiger partial charge in [-0.3, -0.25) is 20.6 Å². The summed E-state index contributed by atoms with van der Waals surface area (Å²) in [5, 5.41) is 9.27. The summed E-state index contributed by atoms with van der Waals surface area (Å²) in [4.78, 5) is 17.9. The maximum absolute atomic E-state index is 9.48. The molecule has 0 aromatic heterocycles. The minimum absolute atomic E-state index is 0.838. The van der Waals surface area contributed by atoms with Gasteiger partial charge in [0.2, 0.25) is 0 Å². The Morgan fingerprint density at radius 2 is 2.29 bits per heavy atom. The first-order valence-electron chi connectivity index (χ1n) is 1.49.